The van der Waals surface area contributed by atoms with Crippen LogP contribution in [0.3, 0.4) is 0 Å². The number of phenolic OH excluding ortho intramolecular Hbond substituents is 1. The molecule has 0 spiro atoms. The van der Waals surface area contributed by atoms with Crippen molar-refractivity contribution in [3.05, 3.63) is 28.3 Å². The first-order valence-corrected chi connectivity index (χ1v) is 10.3. The maximum atomic E-state index is 13.3. The van der Waals surface area contributed by atoms with Crippen LogP contribution in [0, 0.1) is 0 Å². The number of amides is 4. The summed E-state index contributed by atoms with van der Waals surface area (Å²) < 4.78 is 0. The van der Waals surface area contributed by atoms with Crippen LogP contribution < -0.4 is 37.3 Å². The molecule has 12 nitrogen and oxygen atoms in total. The third kappa shape index (κ3) is 4.91. The topological polar surface area (TPSA) is 168 Å². The fourth-order valence-corrected chi connectivity index (χ4v) is 3.53. The third-order valence-corrected chi connectivity index (χ3v) is 5.12. The van der Waals surface area contributed by atoms with Crippen LogP contribution in [0.25, 0.3) is 6.08 Å². The highest BCUT2D eigenvalue weighted by atomic mass is 16.3. The van der Waals surface area contributed by atoms with Crippen molar-refractivity contribution in [1.82, 2.24) is 32.0 Å². The summed E-state index contributed by atoms with van der Waals surface area (Å²) >= 11 is 0. The number of nitrogens with zero attached hydrogens (tertiary/aromatic N) is 1. The van der Waals surface area contributed by atoms with Gasteiger partial charge < -0.3 is 42.4 Å². The number of urea groups is 2. The second-order valence-corrected chi connectivity index (χ2v) is 7.09. The highest BCUT2D eigenvalue weighted by molar-refractivity contribution is 6.14. The lowest BCUT2D eigenvalue weighted by molar-refractivity contribution is 0.0962. The molecule has 3 rings (SSSR count). The van der Waals surface area contributed by atoms with Gasteiger partial charge in [0.1, 0.15) is 5.75 Å². The van der Waals surface area contributed by atoms with Crippen LogP contribution in [-0.2, 0) is 6.54 Å². The van der Waals surface area contributed by atoms with Crippen LogP contribution in [-0.4, -0.2) is 75.5 Å². The first-order valence-electron chi connectivity index (χ1n) is 10.3. The van der Waals surface area contributed by atoms with Gasteiger partial charge in [-0.3, -0.25) is 4.79 Å². The second kappa shape index (κ2) is 10.5. The first-order chi connectivity index (χ1) is 15.5. The average Bonchev–Trinajstić information content (AvgIpc) is 2.81. The largest absolute Gasteiger partial charge is 0.505 e. The van der Waals surface area contributed by atoms with Crippen LogP contribution in [0.2, 0.25) is 0 Å². The Kier molecular flexibility index (Phi) is 7.49. The molecule has 2 aliphatic rings. The van der Waals surface area contributed by atoms with Gasteiger partial charge in [-0.25, -0.2) is 9.59 Å². The zero-order chi connectivity index (χ0) is 23.1. The van der Waals surface area contributed by atoms with Crippen LogP contribution in [0.5, 0.6) is 5.75 Å². The van der Waals surface area contributed by atoms with Crippen molar-refractivity contribution < 1.29 is 19.5 Å². The van der Waals surface area contributed by atoms with Gasteiger partial charge in [-0.15, -0.1) is 0 Å². The number of aromatic hydroxyl groups is 1. The molecule has 0 saturated heterocycles. The minimum atomic E-state index is -0.575. The molecular weight excluding hydrogens is 416 g/mol. The molecule has 172 valence electrons. The van der Waals surface area contributed by atoms with Crippen LogP contribution in [0.1, 0.15) is 27.0 Å². The minimum Gasteiger partial charge on any atom is -0.505 e. The van der Waals surface area contributed by atoms with E-state index < -0.39 is 6.04 Å². The van der Waals surface area contributed by atoms with E-state index >= 15 is 0 Å². The zero-order valence-electron chi connectivity index (χ0n) is 18.0. The number of hydrogen-bond donors (Lipinski definition) is 8. The van der Waals surface area contributed by atoms with Gasteiger partial charge in [0.2, 0.25) is 0 Å². The Hall–Kier alpha value is -3.80. The maximum Gasteiger partial charge on any atom is 0.314 e. The quantitative estimate of drug-likeness (QED) is 0.193. The standard InChI is InChI=1S/C20H28N8O4/c1-21-19(31)25-7-5-23-14-4-3-11-15(18(14)30)12-9-27-28-10-13(12)17(29)16(11)24-6-8-26-20(32)22-2/h3-4,9,14,23-24,28-29H,5-8,10H2,1-2H3,(H2,21,25,31)(H2,22,26,32). The number of benzene rings is 1. The van der Waals surface area contributed by atoms with Crippen molar-refractivity contribution in [3.8, 4) is 5.75 Å². The van der Waals surface area contributed by atoms with Gasteiger partial charge in [0.25, 0.3) is 0 Å². The molecule has 1 aliphatic heterocycles. The fraction of sp³-hybridized carbons (Fsp3) is 0.400. The lowest BCUT2D eigenvalue weighted by Gasteiger charge is -2.27. The number of nitrogens with one attached hydrogen (secondary N) is 7. The second-order valence-electron chi connectivity index (χ2n) is 7.09. The molecule has 12 heteroatoms. The number of hydrazone groups is 1. The molecule has 0 radical (unpaired) electrons. The SMILES string of the molecule is CNC(=O)NCCNc1c(O)c2c(c3c1C=CC(NCCNC(=O)NC)C3=O)C=NNC2. The van der Waals surface area contributed by atoms with Crippen molar-refractivity contribution in [2.45, 2.75) is 12.6 Å². The number of phenols is 1. The van der Waals surface area contributed by atoms with Crippen molar-refractivity contribution in [2.75, 3.05) is 45.6 Å². The first kappa shape index (κ1) is 22.9. The number of anilines is 1. The maximum absolute atomic E-state index is 13.3. The van der Waals surface area contributed by atoms with E-state index in [0.29, 0.717) is 54.1 Å². The summed E-state index contributed by atoms with van der Waals surface area (Å²) in [6, 6.07) is -1.18. The lowest BCUT2D eigenvalue weighted by Crippen LogP contribution is -2.43. The van der Waals surface area contributed by atoms with E-state index in [1.54, 1.807) is 12.2 Å². The monoisotopic (exact) mass is 444 g/mol. The number of rotatable bonds is 8. The van der Waals surface area contributed by atoms with Gasteiger partial charge in [0, 0.05) is 62.5 Å². The Bertz CT molecular complexity index is 960. The van der Waals surface area contributed by atoms with Crippen LogP contribution in [0.15, 0.2) is 11.2 Å². The van der Waals surface area contributed by atoms with E-state index in [1.807, 2.05) is 0 Å². The van der Waals surface area contributed by atoms with E-state index in [-0.39, 0.29) is 30.1 Å². The molecule has 0 saturated carbocycles. The Morgan fingerprint density at radius 3 is 2.47 bits per heavy atom. The molecule has 1 aliphatic carbocycles. The summed E-state index contributed by atoms with van der Waals surface area (Å²) in [5.74, 6) is -0.116. The number of ketones is 1. The third-order valence-electron chi connectivity index (χ3n) is 5.12. The number of hydrogen-bond acceptors (Lipinski definition) is 8. The van der Waals surface area contributed by atoms with Gasteiger partial charge in [-0.1, -0.05) is 12.2 Å². The zero-order valence-corrected chi connectivity index (χ0v) is 18.0. The fourth-order valence-electron chi connectivity index (χ4n) is 3.53. The normalized spacial score (nSPS) is 15.8. The Balaban J connectivity index is 1.81. The van der Waals surface area contributed by atoms with E-state index in [9.17, 15) is 19.5 Å². The molecule has 1 aromatic rings. The van der Waals surface area contributed by atoms with E-state index in [2.05, 4.69) is 42.4 Å². The summed E-state index contributed by atoms with van der Waals surface area (Å²) in [7, 11) is 3.06. The minimum absolute atomic E-state index is 0.0379. The Labute approximate surface area is 185 Å². The smallest absolute Gasteiger partial charge is 0.314 e. The Morgan fingerprint density at radius 1 is 1.09 bits per heavy atom. The van der Waals surface area contributed by atoms with Crippen molar-refractivity contribution in [1.29, 1.82) is 0 Å². The van der Waals surface area contributed by atoms with Crippen molar-refractivity contribution >= 4 is 35.8 Å². The molecule has 1 unspecified atom stereocenters. The van der Waals surface area contributed by atoms with Crippen molar-refractivity contribution in [3.63, 3.8) is 0 Å². The molecule has 0 bridgehead atoms. The molecular formula is C20H28N8O4. The average molecular weight is 444 g/mol. The van der Waals surface area contributed by atoms with E-state index in [1.165, 1.54) is 20.3 Å². The molecule has 1 aromatic carbocycles. The Morgan fingerprint density at radius 2 is 1.78 bits per heavy atom. The van der Waals surface area contributed by atoms with Gasteiger partial charge in [-0.05, 0) is 0 Å². The number of carbonyl (C=O) groups excluding carboxylic acids is 3. The molecule has 1 heterocycles. The molecule has 0 aromatic heterocycles. The molecule has 8 N–H and O–H groups in total. The molecule has 4 amide bonds. The van der Waals surface area contributed by atoms with E-state index in [4.69, 9.17) is 0 Å². The highest BCUT2D eigenvalue weighted by Gasteiger charge is 2.32. The summed E-state index contributed by atoms with van der Waals surface area (Å²) in [6.45, 7) is 1.71. The lowest BCUT2D eigenvalue weighted by atomic mass is 9.84. The predicted octanol–water partition coefficient (Wildman–Crippen LogP) is -0.733. The summed E-state index contributed by atoms with van der Waals surface area (Å²) in [6.07, 6.45) is 5.04. The van der Waals surface area contributed by atoms with Gasteiger partial charge in [0.15, 0.2) is 5.78 Å². The van der Waals surface area contributed by atoms with Gasteiger partial charge in [0.05, 0.1) is 24.5 Å². The molecule has 1 atom stereocenters. The van der Waals surface area contributed by atoms with Crippen LogP contribution in [0.4, 0.5) is 15.3 Å². The number of fused-ring (bicyclic) bond motifs is 3. The number of Topliss-reactive ketones (excluding diaryl/α,β-unsaturated/α-hetero) is 1. The van der Waals surface area contributed by atoms with Crippen molar-refractivity contribution in [2.24, 2.45) is 5.10 Å². The summed E-state index contributed by atoms with van der Waals surface area (Å²) in [4.78, 5) is 35.9. The van der Waals surface area contributed by atoms with Gasteiger partial charge >= 0.3 is 12.1 Å². The molecule has 0 fully saturated rings. The van der Waals surface area contributed by atoms with E-state index in [0.717, 1.165) is 0 Å². The number of carbonyl (C=O) groups is 3. The van der Waals surface area contributed by atoms with Crippen LogP contribution >= 0.6 is 0 Å². The summed E-state index contributed by atoms with van der Waals surface area (Å²) in [5, 5.41) is 31.4. The molecule has 32 heavy (non-hydrogen) atoms. The summed E-state index contributed by atoms with van der Waals surface area (Å²) in [5.41, 5.74) is 5.43. The van der Waals surface area contributed by atoms with Gasteiger partial charge in [-0.2, -0.15) is 5.10 Å². The highest BCUT2D eigenvalue weighted by Crippen LogP contribution is 2.40. The predicted molar refractivity (Wildman–Crippen MR) is 121 cm³/mol.